The summed E-state index contributed by atoms with van der Waals surface area (Å²) in [6.45, 7) is 2.51. The molecule has 0 spiro atoms. The molecule has 0 atom stereocenters. The van der Waals surface area contributed by atoms with Crippen molar-refractivity contribution < 1.29 is 14.3 Å². The van der Waals surface area contributed by atoms with Crippen molar-refractivity contribution in [2.75, 3.05) is 12.4 Å². The normalized spacial score (nSPS) is 10.7. The van der Waals surface area contributed by atoms with Gasteiger partial charge in [-0.1, -0.05) is 61.5 Å². The summed E-state index contributed by atoms with van der Waals surface area (Å²) in [6.07, 6.45) is 4.20. The van der Waals surface area contributed by atoms with Crippen LogP contribution in [-0.4, -0.2) is 13.0 Å². The summed E-state index contributed by atoms with van der Waals surface area (Å²) < 4.78 is 11.5. The van der Waals surface area contributed by atoms with Gasteiger partial charge in [0.2, 0.25) is 5.91 Å². The van der Waals surface area contributed by atoms with Crippen LogP contribution in [0.5, 0.6) is 11.5 Å². The molecule has 0 aliphatic heterocycles. The molecule has 3 aromatic carbocycles. The third-order valence-electron chi connectivity index (χ3n) is 4.50. The average Bonchev–Trinajstić information content (AvgIpc) is 2.77. The van der Waals surface area contributed by atoms with Gasteiger partial charge in [-0.2, -0.15) is 0 Å². The van der Waals surface area contributed by atoms with E-state index in [9.17, 15) is 4.79 Å². The molecule has 3 aromatic rings. The minimum atomic E-state index is -0.203. The van der Waals surface area contributed by atoms with Crippen molar-refractivity contribution in [1.29, 1.82) is 0 Å². The fourth-order valence-electron chi connectivity index (χ4n) is 2.88. The Balaban J connectivity index is 1.72. The number of benzene rings is 3. The van der Waals surface area contributed by atoms with Gasteiger partial charge in [0.25, 0.3) is 0 Å². The molecule has 1 N–H and O–H groups in total. The predicted octanol–water partition coefficient (Wildman–Crippen LogP) is 5.49. The third kappa shape index (κ3) is 5.72. The van der Waals surface area contributed by atoms with Gasteiger partial charge in [0.15, 0.2) is 11.5 Å². The van der Waals surface area contributed by atoms with Crippen LogP contribution in [0.4, 0.5) is 5.69 Å². The second-order valence-corrected chi connectivity index (χ2v) is 6.53. The number of rotatable bonds is 8. The van der Waals surface area contributed by atoms with E-state index in [2.05, 4.69) is 12.2 Å². The van der Waals surface area contributed by atoms with E-state index in [0.29, 0.717) is 18.1 Å². The van der Waals surface area contributed by atoms with Crippen LogP contribution < -0.4 is 14.8 Å². The number of amides is 1. The van der Waals surface area contributed by atoms with Gasteiger partial charge in [-0.3, -0.25) is 4.79 Å². The quantitative estimate of drug-likeness (QED) is 0.520. The summed E-state index contributed by atoms with van der Waals surface area (Å²) in [5.74, 6) is 1.03. The van der Waals surface area contributed by atoms with Crippen molar-refractivity contribution in [3.63, 3.8) is 0 Å². The zero-order valence-electron chi connectivity index (χ0n) is 16.7. The molecule has 0 heterocycles. The van der Waals surface area contributed by atoms with E-state index in [1.807, 2.05) is 72.8 Å². The lowest BCUT2D eigenvalue weighted by Gasteiger charge is -2.13. The van der Waals surface area contributed by atoms with Crippen molar-refractivity contribution in [3.8, 4) is 11.5 Å². The highest BCUT2D eigenvalue weighted by molar-refractivity contribution is 6.02. The van der Waals surface area contributed by atoms with Crippen LogP contribution >= 0.6 is 0 Å². The second kappa shape index (κ2) is 10.1. The molecule has 0 aliphatic carbocycles. The molecule has 148 valence electrons. The minimum Gasteiger partial charge on any atom is -0.493 e. The molecule has 0 aromatic heterocycles. The number of anilines is 1. The number of ether oxygens (including phenoxy) is 2. The molecule has 0 saturated carbocycles. The van der Waals surface area contributed by atoms with Crippen LogP contribution in [0, 0.1) is 0 Å². The number of hydrogen-bond acceptors (Lipinski definition) is 3. The molecule has 0 radical (unpaired) electrons. The van der Waals surface area contributed by atoms with Gasteiger partial charge in [-0.05, 0) is 41.8 Å². The Bertz CT molecular complexity index is 963. The highest BCUT2D eigenvalue weighted by Crippen LogP contribution is 2.32. The van der Waals surface area contributed by atoms with E-state index < -0.39 is 0 Å². The van der Waals surface area contributed by atoms with Crippen molar-refractivity contribution in [1.82, 2.24) is 0 Å². The molecule has 4 nitrogen and oxygen atoms in total. The zero-order chi connectivity index (χ0) is 20.5. The monoisotopic (exact) mass is 387 g/mol. The van der Waals surface area contributed by atoms with Crippen molar-refractivity contribution in [3.05, 3.63) is 95.6 Å². The maximum atomic E-state index is 12.3. The Labute approximate surface area is 171 Å². The summed E-state index contributed by atoms with van der Waals surface area (Å²) in [5.41, 5.74) is 3.83. The molecule has 29 heavy (non-hydrogen) atoms. The molecule has 0 fully saturated rings. The van der Waals surface area contributed by atoms with Crippen LogP contribution in [0.2, 0.25) is 0 Å². The number of aryl methyl sites for hydroxylation is 1. The summed E-state index contributed by atoms with van der Waals surface area (Å²) in [6, 6.07) is 23.4. The van der Waals surface area contributed by atoms with Gasteiger partial charge in [0.1, 0.15) is 6.61 Å². The third-order valence-corrected chi connectivity index (χ3v) is 4.50. The Morgan fingerprint density at radius 1 is 0.931 bits per heavy atom. The summed E-state index contributed by atoms with van der Waals surface area (Å²) in [5, 5.41) is 2.87. The molecule has 0 aliphatic rings. The lowest BCUT2D eigenvalue weighted by atomic mass is 10.1. The fraction of sp³-hybridized carbons (Fsp3) is 0.160. The van der Waals surface area contributed by atoms with Crippen LogP contribution in [0.15, 0.2) is 78.9 Å². The number of carbonyl (C=O) groups is 1. The Morgan fingerprint density at radius 3 is 2.38 bits per heavy atom. The molecule has 3 rings (SSSR count). The topological polar surface area (TPSA) is 47.6 Å². The van der Waals surface area contributed by atoms with E-state index in [4.69, 9.17) is 9.47 Å². The standard InChI is InChI=1S/C25H25NO3/c1-3-19-12-15-22(16-13-19)26-24(27)17-14-21-10-7-11-23(28-2)25(21)29-18-20-8-5-4-6-9-20/h4-17H,3,18H2,1-2H3,(H,26,27)/b17-14+. The van der Waals surface area contributed by atoms with E-state index in [1.165, 1.54) is 11.6 Å². The van der Waals surface area contributed by atoms with E-state index in [1.54, 1.807) is 13.2 Å². The van der Waals surface area contributed by atoms with Crippen LogP contribution in [0.1, 0.15) is 23.6 Å². The molecule has 0 unspecified atom stereocenters. The molecule has 0 saturated heterocycles. The maximum absolute atomic E-state index is 12.3. The number of hydrogen-bond donors (Lipinski definition) is 1. The summed E-state index contributed by atoms with van der Waals surface area (Å²) in [4.78, 5) is 12.3. The number of carbonyl (C=O) groups excluding carboxylic acids is 1. The van der Waals surface area contributed by atoms with E-state index in [-0.39, 0.29) is 5.91 Å². The lowest BCUT2D eigenvalue weighted by molar-refractivity contribution is -0.111. The molecule has 0 bridgehead atoms. The van der Waals surface area contributed by atoms with Gasteiger partial charge in [-0.15, -0.1) is 0 Å². The molecule has 4 heteroatoms. The molecular formula is C25H25NO3. The van der Waals surface area contributed by atoms with Crippen LogP contribution in [0.3, 0.4) is 0 Å². The zero-order valence-corrected chi connectivity index (χ0v) is 16.7. The van der Waals surface area contributed by atoms with Crippen LogP contribution in [0.25, 0.3) is 6.08 Å². The minimum absolute atomic E-state index is 0.203. The lowest BCUT2D eigenvalue weighted by Crippen LogP contribution is -2.07. The fourth-order valence-corrected chi connectivity index (χ4v) is 2.88. The number of methoxy groups -OCH3 is 1. The van der Waals surface area contributed by atoms with Gasteiger partial charge < -0.3 is 14.8 Å². The highest BCUT2D eigenvalue weighted by atomic mass is 16.5. The second-order valence-electron chi connectivity index (χ2n) is 6.53. The smallest absolute Gasteiger partial charge is 0.248 e. The van der Waals surface area contributed by atoms with E-state index >= 15 is 0 Å². The first kappa shape index (κ1) is 20.2. The first-order valence-corrected chi connectivity index (χ1v) is 9.61. The van der Waals surface area contributed by atoms with E-state index in [0.717, 1.165) is 23.2 Å². The largest absolute Gasteiger partial charge is 0.493 e. The van der Waals surface area contributed by atoms with Gasteiger partial charge in [0.05, 0.1) is 7.11 Å². The average molecular weight is 387 g/mol. The van der Waals surface area contributed by atoms with Gasteiger partial charge in [0, 0.05) is 17.3 Å². The Morgan fingerprint density at radius 2 is 1.69 bits per heavy atom. The maximum Gasteiger partial charge on any atom is 0.248 e. The molecular weight excluding hydrogens is 362 g/mol. The van der Waals surface area contributed by atoms with Gasteiger partial charge >= 0.3 is 0 Å². The first-order chi connectivity index (χ1) is 14.2. The summed E-state index contributed by atoms with van der Waals surface area (Å²) in [7, 11) is 1.60. The Kier molecular flexibility index (Phi) is 7.06. The van der Waals surface area contributed by atoms with Gasteiger partial charge in [-0.25, -0.2) is 0 Å². The van der Waals surface area contributed by atoms with Crippen molar-refractivity contribution in [2.24, 2.45) is 0 Å². The van der Waals surface area contributed by atoms with Crippen LogP contribution in [-0.2, 0) is 17.8 Å². The summed E-state index contributed by atoms with van der Waals surface area (Å²) >= 11 is 0. The molecule has 1 amide bonds. The van der Waals surface area contributed by atoms with Crippen molar-refractivity contribution >= 4 is 17.7 Å². The number of para-hydroxylation sites is 1. The Hall–Kier alpha value is -3.53. The first-order valence-electron chi connectivity index (χ1n) is 9.61. The SMILES string of the molecule is CCc1ccc(NC(=O)/C=C/c2cccc(OC)c2OCc2ccccc2)cc1. The number of nitrogens with one attached hydrogen (secondary N) is 1. The highest BCUT2D eigenvalue weighted by Gasteiger charge is 2.09. The predicted molar refractivity (Wildman–Crippen MR) is 117 cm³/mol. The van der Waals surface area contributed by atoms with Crippen molar-refractivity contribution in [2.45, 2.75) is 20.0 Å².